The maximum atomic E-state index is 12.4. The highest BCUT2D eigenvalue weighted by Crippen LogP contribution is 2.23. The number of thioether (sulfide) groups is 2. The fourth-order valence-corrected chi connectivity index (χ4v) is 5.04. The van der Waals surface area contributed by atoms with Gasteiger partial charge in [0, 0.05) is 35.6 Å². The zero-order valence-corrected chi connectivity index (χ0v) is 14.7. The third-order valence-corrected chi connectivity index (χ3v) is 6.29. The minimum atomic E-state index is 0.0260. The van der Waals surface area contributed by atoms with Gasteiger partial charge < -0.3 is 5.32 Å². The van der Waals surface area contributed by atoms with Crippen LogP contribution < -0.4 is 5.32 Å². The number of carbonyl (C=O) groups is 1. The summed E-state index contributed by atoms with van der Waals surface area (Å²) in [5, 5.41) is 8.02. The molecule has 1 aromatic heterocycles. The van der Waals surface area contributed by atoms with E-state index >= 15 is 0 Å². The molecule has 1 amide bonds. The summed E-state index contributed by atoms with van der Waals surface area (Å²) in [7, 11) is 0. The summed E-state index contributed by atoms with van der Waals surface area (Å²) in [4.78, 5) is 12.4. The molecule has 0 aliphatic carbocycles. The molecule has 0 saturated carbocycles. The molecule has 1 N–H and O–H groups in total. The molecular weight excluding hydrogens is 302 g/mol. The monoisotopic (exact) mass is 327 g/mol. The van der Waals surface area contributed by atoms with Crippen molar-refractivity contribution in [3.8, 4) is 0 Å². The zero-order valence-electron chi connectivity index (χ0n) is 13.1. The van der Waals surface area contributed by atoms with Crippen LogP contribution in [0.15, 0.2) is 6.20 Å². The van der Waals surface area contributed by atoms with Crippen LogP contribution >= 0.6 is 23.5 Å². The fourth-order valence-electron chi connectivity index (χ4n) is 2.43. The van der Waals surface area contributed by atoms with Gasteiger partial charge >= 0.3 is 0 Å². The molecule has 21 heavy (non-hydrogen) atoms. The van der Waals surface area contributed by atoms with Gasteiger partial charge in [0.05, 0.1) is 17.5 Å². The zero-order chi connectivity index (χ0) is 15.2. The van der Waals surface area contributed by atoms with Gasteiger partial charge in [-0.2, -0.15) is 28.6 Å². The summed E-state index contributed by atoms with van der Waals surface area (Å²) < 4.78 is 1.98. The van der Waals surface area contributed by atoms with Gasteiger partial charge in [-0.25, -0.2) is 0 Å². The van der Waals surface area contributed by atoms with Crippen LogP contribution in [0.5, 0.6) is 0 Å². The summed E-state index contributed by atoms with van der Waals surface area (Å²) in [6.07, 6.45) is 2.56. The van der Waals surface area contributed by atoms with Crippen molar-refractivity contribution in [3.63, 3.8) is 0 Å². The second kappa shape index (κ2) is 8.13. The number of aromatic nitrogens is 2. The van der Waals surface area contributed by atoms with Gasteiger partial charge in [0.15, 0.2) is 0 Å². The van der Waals surface area contributed by atoms with Crippen molar-refractivity contribution in [1.82, 2.24) is 15.1 Å². The third kappa shape index (κ3) is 4.68. The lowest BCUT2D eigenvalue weighted by Gasteiger charge is -2.21. The van der Waals surface area contributed by atoms with E-state index in [-0.39, 0.29) is 5.91 Å². The van der Waals surface area contributed by atoms with Crippen LogP contribution in [-0.4, -0.2) is 44.7 Å². The van der Waals surface area contributed by atoms with Crippen molar-refractivity contribution in [2.24, 2.45) is 5.92 Å². The van der Waals surface area contributed by atoms with E-state index in [4.69, 9.17) is 0 Å². The van der Waals surface area contributed by atoms with Gasteiger partial charge in [0.2, 0.25) is 0 Å². The average molecular weight is 328 g/mol. The number of hydrogen-bond acceptors (Lipinski definition) is 4. The maximum Gasteiger partial charge on any atom is 0.254 e. The molecule has 1 fully saturated rings. The Bertz CT molecular complexity index is 467. The molecule has 4 nitrogen and oxygen atoms in total. The van der Waals surface area contributed by atoms with Gasteiger partial charge in [-0.1, -0.05) is 20.8 Å². The van der Waals surface area contributed by atoms with E-state index in [0.29, 0.717) is 11.2 Å². The molecule has 118 valence electrons. The minimum absolute atomic E-state index is 0.0260. The van der Waals surface area contributed by atoms with E-state index in [2.05, 4.69) is 31.2 Å². The molecule has 1 atom stereocenters. The summed E-state index contributed by atoms with van der Waals surface area (Å²) in [5.41, 5.74) is 1.79. The second-order valence-corrected chi connectivity index (χ2v) is 8.27. The number of rotatable bonds is 6. The molecule has 6 heteroatoms. The maximum absolute atomic E-state index is 12.4. The van der Waals surface area contributed by atoms with E-state index in [9.17, 15) is 4.79 Å². The number of carbonyl (C=O) groups excluding carboxylic acids is 1. The molecule has 2 heterocycles. The first-order valence-electron chi connectivity index (χ1n) is 7.64. The van der Waals surface area contributed by atoms with Gasteiger partial charge in [-0.15, -0.1) is 0 Å². The molecule has 1 unspecified atom stereocenters. The molecule has 0 bridgehead atoms. The van der Waals surface area contributed by atoms with E-state index < -0.39 is 0 Å². The number of amides is 1. The molecule has 1 aromatic rings. The number of hydrogen-bond donors (Lipinski definition) is 1. The van der Waals surface area contributed by atoms with E-state index in [1.165, 1.54) is 11.5 Å². The largest absolute Gasteiger partial charge is 0.351 e. The van der Waals surface area contributed by atoms with Gasteiger partial charge in [0.25, 0.3) is 5.91 Å². The molecule has 1 aliphatic heterocycles. The van der Waals surface area contributed by atoms with Crippen LogP contribution in [0.2, 0.25) is 0 Å². The fraction of sp³-hybridized carbons (Fsp3) is 0.733. The van der Waals surface area contributed by atoms with Gasteiger partial charge in [-0.3, -0.25) is 9.48 Å². The highest BCUT2D eigenvalue weighted by molar-refractivity contribution is 8.06. The Morgan fingerprint density at radius 1 is 1.52 bits per heavy atom. The first kappa shape index (κ1) is 16.7. The van der Waals surface area contributed by atoms with Crippen molar-refractivity contribution >= 4 is 29.4 Å². The van der Waals surface area contributed by atoms with Gasteiger partial charge in [0.1, 0.15) is 0 Å². The van der Waals surface area contributed by atoms with E-state index in [0.717, 1.165) is 36.5 Å². The molecular formula is C15H25N3OS2. The predicted octanol–water partition coefficient (Wildman–Crippen LogP) is 2.68. The van der Waals surface area contributed by atoms with Crippen LogP contribution in [-0.2, 0) is 13.0 Å². The average Bonchev–Trinajstić information content (AvgIpc) is 2.87. The lowest BCUT2D eigenvalue weighted by molar-refractivity contribution is 0.0953. The van der Waals surface area contributed by atoms with Crippen molar-refractivity contribution < 1.29 is 4.79 Å². The minimum Gasteiger partial charge on any atom is -0.351 e. The van der Waals surface area contributed by atoms with Crippen LogP contribution in [0.25, 0.3) is 0 Å². The van der Waals surface area contributed by atoms with Crippen molar-refractivity contribution in [2.45, 2.75) is 39.0 Å². The van der Waals surface area contributed by atoms with Crippen LogP contribution in [0.4, 0.5) is 0 Å². The van der Waals surface area contributed by atoms with Gasteiger partial charge in [-0.05, 0) is 12.3 Å². The highest BCUT2D eigenvalue weighted by atomic mass is 32.2. The Hall–Kier alpha value is -0.620. The normalized spacial score (nSPS) is 19.0. The Kier molecular flexibility index (Phi) is 6.48. The standard InChI is InChI=1S/C15H25N3OS2/c1-4-14-13(8-17-18(14)9-11(2)3)15(19)16-7-12-10-20-5-6-21-12/h8,11-12H,4-7,9-10H2,1-3H3,(H,16,19). The second-order valence-electron chi connectivity index (χ2n) is 5.71. The van der Waals surface area contributed by atoms with E-state index in [1.54, 1.807) is 6.20 Å². The Labute approximate surface area is 135 Å². The van der Waals surface area contributed by atoms with E-state index in [1.807, 2.05) is 28.2 Å². The van der Waals surface area contributed by atoms with Crippen molar-refractivity contribution in [1.29, 1.82) is 0 Å². The Morgan fingerprint density at radius 3 is 2.95 bits per heavy atom. The van der Waals surface area contributed by atoms with Crippen LogP contribution in [0.1, 0.15) is 36.8 Å². The topological polar surface area (TPSA) is 46.9 Å². The first-order chi connectivity index (χ1) is 10.1. The van der Waals surface area contributed by atoms with Crippen molar-refractivity contribution in [2.75, 3.05) is 23.8 Å². The molecule has 0 aromatic carbocycles. The number of nitrogens with one attached hydrogen (secondary N) is 1. The molecule has 0 spiro atoms. The Balaban J connectivity index is 1.96. The molecule has 1 aliphatic rings. The molecule has 0 radical (unpaired) electrons. The molecule has 2 rings (SSSR count). The first-order valence-corrected chi connectivity index (χ1v) is 9.84. The number of nitrogens with zero attached hydrogens (tertiary/aromatic N) is 2. The summed E-state index contributed by atoms with van der Waals surface area (Å²) in [5.74, 6) is 4.12. The third-order valence-electron chi connectivity index (χ3n) is 3.44. The summed E-state index contributed by atoms with van der Waals surface area (Å²) in [6.45, 7) is 8.04. The quantitative estimate of drug-likeness (QED) is 0.872. The highest BCUT2D eigenvalue weighted by Gasteiger charge is 2.19. The smallest absolute Gasteiger partial charge is 0.254 e. The summed E-state index contributed by atoms with van der Waals surface area (Å²) >= 11 is 3.95. The summed E-state index contributed by atoms with van der Waals surface area (Å²) in [6, 6.07) is 0. The van der Waals surface area contributed by atoms with Crippen LogP contribution in [0, 0.1) is 5.92 Å². The lowest BCUT2D eigenvalue weighted by atomic mass is 10.1. The van der Waals surface area contributed by atoms with Crippen molar-refractivity contribution in [3.05, 3.63) is 17.5 Å². The lowest BCUT2D eigenvalue weighted by Crippen LogP contribution is -2.33. The SMILES string of the molecule is CCc1c(C(=O)NCC2CSCCS2)cnn1CC(C)C. The Morgan fingerprint density at radius 2 is 2.33 bits per heavy atom. The predicted molar refractivity (Wildman–Crippen MR) is 92.3 cm³/mol. The molecule has 1 saturated heterocycles. The van der Waals surface area contributed by atoms with Crippen LogP contribution in [0.3, 0.4) is 0 Å².